The first-order chi connectivity index (χ1) is 16.7. The SMILES string of the molecule is CCN(c1cc(Cl)cc(C(=O)NCc2c3n(c(C)cc2=O)CCC3)c1C)C1CCC(N(C)C)CC1. The predicted octanol–water partition coefficient (Wildman–Crippen LogP) is 4.69. The Hall–Kier alpha value is -2.31. The molecule has 4 rings (SSSR count). The van der Waals surface area contributed by atoms with E-state index >= 15 is 0 Å². The summed E-state index contributed by atoms with van der Waals surface area (Å²) in [4.78, 5) is 30.8. The molecule has 0 spiro atoms. The van der Waals surface area contributed by atoms with E-state index < -0.39 is 0 Å². The fourth-order valence-corrected chi connectivity index (χ4v) is 6.25. The van der Waals surface area contributed by atoms with E-state index in [0.717, 1.165) is 61.4 Å². The second-order valence-corrected chi connectivity index (χ2v) is 10.8. The van der Waals surface area contributed by atoms with Gasteiger partial charge in [0.15, 0.2) is 5.43 Å². The molecule has 0 atom stereocenters. The highest BCUT2D eigenvalue weighted by Gasteiger charge is 2.28. The number of carbonyl (C=O) groups excluding carboxylic acids is 1. The number of halogens is 1. The molecule has 1 aliphatic heterocycles. The van der Waals surface area contributed by atoms with Gasteiger partial charge in [-0.05, 0) is 91.1 Å². The molecule has 190 valence electrons. The van der Waals surface area contributed by atoms with Gasteiger partial charge in [0.05, 0.1) is 0 Å². The fraction of sp³-hybridized carbons (Fsp3) is 0.571. The molecule has 2 aromatic rings. The predicted molar refractivity (Wildman–Crippen MR) is 144 cm³/mol. The maximum Gasteiger partial charge on any atom is 0.251 e. The lowest BCUT2D eigenvalue weighted by molar-refractivity contribution is 0.0950. The minimum atomic E-state index is -0.185. The van der Waals surface area contributed by atoms with E-state index in [9.17, 15) is 9.59 Å². The van der Waals surface area contributed by atoms with Crippen LogP contribution in [0.25, 0.3) is 0 Å². The number of nitrogens with one attached hydrogen (secondary N) is 1. The Morgan fingerprint density at radius 1 is 1.11 bits per heavy atom. The molecule has 2 heterocycles. The third-order valence-corrected chi connectivity index (χ3v) is 8.25. The molecule has 0 bridgehead atoms. The van der Waals surface area contributed by atoms with Gasteiger partial charge < -0.3 is 19.7 Å². The molecule has 0 saturated heterocycles. The van der Waals surface area contributed by atoms with Crippen LogP contribution in [0, 0.1) is 13.8 Å². The van der Waals surface area contributed by atoms with Crippen molar-refractivity contribution in [1.82, 2.24) is 14.8 Å². The van der Waals surface area contributed by atoms with Crippen molar-refractivity contribution in [3.8, 4) is 0 Å². The highest BCUT2D eigenvalue weighted by molar-refractivity contribution is 6.31. The molecule has 1 aromatic heterocycles. The van der Waals surface area contributed by atoms with Crippen molar-refractivity contribution in [3.63, 3.8) is 0 Å². The topological polar surface area (TPSA) is 57.6 Å². The van der Waals surface area contributed by atoms with Crippen molar-refractivity contribution >= 4 is 23.2 Å². The number of hydrogen-bond donors (Lipinski definition) is 1. The molecular formula is C28H39ClN4O2. The molecule has 1 aliphatic carbocycles. The van der Waals surface area contributed by atoms with E-state index in [2.05, 4.69) is 40.7 Å². The fourth-order valence-electron chi connectivity index (χ4n) is 6.04. The third-order valence-electron chi connectivity index (χ3n) is 8.04. The Morgan fingerprint density at radius 2 is 1.80 bits per heavy atom. The minimum absolute atomic E-state index is 0.00457. The number of nitrogens with zero attached hydrogens (tertiary/aromatic N) is 3. The van der Waals surface area contributed by atoms with Crippen LogP contribution in [0.5, 0.6) is 0 Å². The van der Waals surface area contributed by atoms with Crippen LogP contribution in [0.3, 0.4) is 0 Å². The first-order valence-electron chi connectivity index (χ1n) is 12.9. The number of aromatic nitrogens is 1. The van der Waals surface area contributed by atoms with Gasteiger partial charge in [0.2, 0.25) is 0 Å². The summed E-state index contributed by atoms with van der Waals surface area (Å²) in [5.74, 6) is -0.185. The van der Waals surface area contributed by atoms with Gasteiger partial charge in [-0.25, -0.2) is 0 Å². The average molecular weight is 499 g/mol. The maximum absolute atomic E-state index is 13.3. The zero-order chi connectivity index (χ0) is 25.3. The normalized spacial score (nSPS) is 19.6. The Bertz CT molecular complexity index is 1150. The van der Waals surface area contributed by atoms with Gasteiger partial charge >= 0.3 is 0 Å². The third kappa shape index (κ3) is 5.29. The lowest BCUT2D eigenvalue weighted by atomic mass is 9.89. The summed E-state index contributed by atoms with van der Waals surface area (Å²) >= 11 is 6.54. The summed E-state index contributed by atoms with van der Waals surface area (Å²) in [6.07, 6.45) is 6.53. The number of benzene rings is 1. The number of hydrogen-bond acceptors (Lipinski definition) is 4. The molecule has 1 amide bonds. The van der Waals surface area contributed by atoms with Crippen LogP contribution in [0.15, 0.2) is 23.0 Å². The van der Waals surface area contributed by atoms with Gasteiger partial charge in [0, 0.05) is 71.0 Å². The van der Waals surface area contributed by atoms with Crippen LogP contribution in [0.1, 0.15) is 71.9 Å². The standard InChI is InChI=1S/C28H39ClN4O2/c1-6-32(22-11-9-21(10-12-22)31(4)5)26-16-20(29)15-23(19(26)3)28(35)30-17-24-25-8-7-13-33(25)18(2)14-27(24)34/h14-16,21-22H,6-13,17H2,1-5H3,(H,30,35). The number of fused-ring (bicyclic) bond motifs is 1. The lowest BCUT2D eigenvalue weighted by Gasteiger charge is -2.40. The van der Waals surface area contributed by atoms with Gasteiger partial charge in [0.1, 0.15) is 0 Å². The van der Waals surface area contributed by atoms with E-state index in [4.69, 9.17) is 11.6 Å². The molecule has 35 heavy (non-hydrogen) atoms. The summed E-state index contributed by atoms with van der Waals surface area (Å²) in [5.41, 5.74) is 5.32. The van der Waals surface area contributed by atoms with Gasteiger partial charge in [-0.15, -0.1) is 0 Å². The number of carbonyl (C=O) groups is 1. The minimum Gasteiger partial charge on any atom is -0.369 e. The molecule has 2 aliphatic rings. The van der Waals surface area contributed by atoms with E-state index in [1.54, 1.807) is 12.1 Å². The van der Waals surface area contributed by atoms with Gasteiger partial charge in [0.25, 0.3) is 5.91 Å². The number of rotatable bonds is 7. The molecule has 1 saturated carbocycles. The molecule has 7 heteroatoms. The van der Waals surface area contributed by atoms with Crippen molar-refractivity contribution in [2.75, 3.05) is 25.5 Å². The van der Waals surface area contributed by atoms with Gasteiger partial charge in [-0.2, -0.15) is 0 Å². The first kappa shape index (κ1) is 25.8. The first-order valence-corrected chi connectivity index (χ1v) is 13.3. The lowest BCUT2D eigenvalue weighted by Crippen LogP contribution is -2.42. The van der Waals surface area contributed by atoms with Crippen LogP contribution in [0.4, 0.5) is 5.69 Å². The van der Waals surface area contributed by atoms with Crippen LogP contribution >= 0.6 is 11.6 Å². The molecule has 0 radical (unpaired) electrons. The summed E-state index contributed by atoms with van der Waals surface area (Å²) in [6, 6.07) is 6.51. The summed E-state index contributed by atoms with van der Waals surface area (Å²) in [6.45, 7) is 8.19. The Morgan fingerprint density at radius 3 is 2.46 bits per heavy atom. The molecule has 1 fully saturated rings. The Kier molecular flexibility index (Phi) is 7.92. The molecule has 1 aromatic carbocycles. The number of amides is 1. The number of pyridine rings is 1. The molecule has 1 N–H and O–H groups in total. The van der Waals surface area contributed by atoms with Crippen molar-refractivity contribution < 1.29 is 4.79 Å². The van der Waals surface area contributed by atoms with Gasteiger partial charge in [-0.3, -0.25) is 9.59 Å². The highest BCUT2D eigenvalue weighted by Crippen LogP contribution is 2.34. The molecule has 6 nitrogen and oxygen atoms in total. The van der Waals surface area contributed by atoms with Crippen LogP contribution in [0.2, 0.25) is 5.02 Å². The van der Waals surface area contributed by atoms with Crippen molar-refractivity contribution in [2.45, 2.75) is 84.5 Å². The van der Waals surface area contributed by atoms with Gasteiger partial charge in [-0.1, -0.05) is 11.6 Å². The zero-order valence-corrected chi connectivity index (χ0v) is 22.5. The van der Waals surface area contributed by atoms with E-state index in [-0.39, 0.29) is 17.9 Å². The van der Waals surface area contributed by atoms with E-state index in [1.807, 2.05) is 19.9 Å². The number of anilines is 1. The largest absolute Gasteiger partial charge is 0.369 e. The van der Waals surface area contributed by atoms with E-state index in [1.165, 1.54) is 12.8 Å². The van der Waals surface area contributed by atoms with Crippen LogP contribution in [-0.4, -0.2) is 48.1 Å². The Labute approximate surface area is 214 Å². The van der Waals surface area contributed by atoms with E-state index in [0.29, 0.717) is 28.2 Å². The smallest absolute Gasteiger partial charge is 0.251 e. The van der Waals surface area contributed by atoms with Crippen LogP contribution in [-0.2, 0) is 19.5 Å². The monoisotopic (exact) mass is 498 g/mol. The highest BCUT2D eigenvalue weighted by atomic mass is 35.5. The zero-order valence-electron chi connectivity index (χ0n) is 21.8. The van der Waals surface area contributed by atoms with Crippen molar-refractivity contribution in [2.24, 2.45) is 0 Å². The van der Waals surface area contributed by atoms with Crippen molar-refractivity contribution in [1.29, 1.82) is 0 Å². The Balaban J connectivity index is 1.55. The number of aryl methyl sites for hydroxylation is 1. The molecular weight excluding hydrogens is 460 g/mol. The summed E-state index contributed by atoms with van der Waals surface area (Å²) < 4.78 is 2.20. The van der Waals surface area contributed by atoms with Crippen molar-refractivity contribution in [3.05, 3.63) is 61.5 Å². The summed E-state index contributed by atoms with van der Waals surface area (Å²) in [7, 11) is 4.32. The summed E-state index contributed by atoms with van der Waals surface area (Å²) in [5, 5.41) is 3.58. The maximum atomic E-state index is 13.3. The quantitative estimate of drug-likeness (QED) is 0.601. The molecule has 0 unspecified atom stereocenters. The van der Waals surface area contributed by atoms with Crippen LogP contribution < -0.4 is 15.6 Å². The second-order valence-electron chi connectivity index (χ2n) is 10.3. The average Bonchev–Trinajstić information content (AvgIpc) is 3.32. The second kappa shape index (κ2) is 10.8.